The molecule has 0 saturated heterocycles. The third-order valence-corrected chi connectivity index (χ3v) is 6.23. The van der Waals surface area contributed by atoms with Crippen LogP contribution in [0, 0.1) is 0 Å². The minimum Gasteiger partial charge on any atom is -0.381 e. The highest BCUT2D eigenvalue weighted by atomic mass is 16.1. The van der Waals surface area contributed by atoms with Crippen LogP contribution in [0.4, 0.5) is 17.2 Å². The molecular formula is C29H31N9O. The minimum atomic E-state index is -1.58. The standard InChI is InChI=1S/C29H31N9O/c30-29(31,32)22-9-4-5-10-23(22)36-25(39)18-35-28-26(27(37-38-28)24-11-6-16-33-24)20-12-14-21(15-13-20)34-17-19-7-2-1-3-8-19/h1-16,33-34H,17-18,30-32H2,(H,36,39)(H2,35,37,38). The summed E-state index contributed by atoms with van der Waals surface area (Å²) in [5, 5.41) is 17.0. The van der Waals surface area contributed by atoms with Gasteiger partial charge in [-0.25, -0.2) is 0 Å². The largest absolute Gasteiger partial charge is 0.381 e. The van der Waals surface area contributed by atoms with E-state index in [-0.39, 0.29) is 12.5 Å². The van der Waals surface area contributed by atoms with E-state index in [9.17, 15) is 4.79 Å². The number of aromatic amines is 2. The molecule has 0 unspecified atom stereocenters. The molecule has 0 saturated carbocycles. The van der Waals surface area contributed by atoms with Crippen molar-refractivity contribution < 1.29 is 4.79 Å². The molecule has 10 heteroatoms. The van der Waals surface area contributed by atoms with Crippen LogP contribution in [-0.4, -0.2) is 27.6 Å². The van der Waals surface area contributed by atoms with Gasteiger partial charge in [-0.2, -0.15) is 5.10 Å². The molecule has 2 aromatic heterocycles. The second-order valence-electron chi connectivity index (χ2n) is 9.20. The van der Waals surface area contributed by atoms with Gasteiger partial charge >= 0.3 is 0 Å². The summed E-state index contributed by atoms with van der Waals surface area (Å²) >= 11 is 0. The number of para-hydroxylation sites is 1. The number of aromatic nitrogens is 3. The van der Waals surface area contributed by atoms with E-state index in [1.165, 1.54) is 5.56 Å². The monoisotopic (exact) mass is 521 g/mol. The molecule has 0 aliphatic carbocycles. The molecule has 2 heterocycles. The Morgan fingerprint density at radius 3 is 2.31 bits per heavy atom. The number of nitrogens with one attached hydrogen (secondary N) is 5. The van der Waals surface area contributed by atoms with Gasteiger partial charge in [-0.1, -0.05) is 60.7 Å². The van der Waals surface area contributed by atoms with E-state index in [4.69, 9.17) is 17.2 Å². The number of benzene rings is 3. The highest BCUT2D eigenvalue weighted by Crippen LogP contribution is 2.36. The lowest BCUT2D eigenvalue weighted by atomic mass is 10.0. The van der Waals surface area contributed by atoms with E-state index in [0.717, 1.165) is 34.7 Å². The van der Waals surface area contributed by atoms with Crippen LogP contribution in [0.25, 0.3) is 22.5 Å². The molecular weight excluding hydrogens is 490 g/mol. The van der Waals surface area contributed by atoms with E-state index in [1.807, 2.05) is 60.8 Å². The Kier molecular flexibility index (Phi) is 7.41. The third kappa shape index (κ3) is 6.16. The van der Waals surface area contributed by atoms with Gasteiger partial charge in [0.25, 0.3) is 0 Å². The van der Waals surface area contributed by atoms with Gasteiger partial charge in [0.05, 0.1) is 23.5 Å². The fourth-order valence-electron chi connectivity index (χ4n) is 4.31. The zero-order valence-corrected chi connectivity index (χ0v) is 21.2. The summed E-state index contributed by atoms with van der Waals surface area (Å²) in [6.07, 6.45) is 1.85. The number of rotatable bonds is 10. The van der Waals surface area contributed by atoms with Gasteiger partial charge in [0.15, 0.2) is 5.82 Å². The molecule has 0 aliphatic heterocycles. The Morgan fingerprint density at radius 1 is 0.846 bits per heavy atom. The Labute approximate surface area is 226 Å². The number of H-pyrrole nitrogens is 2. The maximum Gasteiger partial charge on any atom is 0.243 e. The third-order valence-electron chi connectivity index (χ3n) is 6.23. The highest BCUT2D eigenvalue weighted by Gasteiger charge is 2.21. The van der Waals surface area contributed by atoms with Crippen molar-refractivity contribution in [1.82, 2.24) is 15.2 Å². The number of carbonyl (C=O) groups is 1. The van der Waals surface area contributed by atoms with Gasteiger partial charge in [0, 0.05) is 29.7 Å². The number of nitrogens with two attached hydrogens (primary N) is 3. The second kappa shape index (κ2) is 11.2. The topological polar surface area (TPSA) is 176 Å². The van der Waals surface area contributed by atoms with Gasteiger partial charge in [-0.05, 0) is 41.5 Å². The van der Waals surface area contributed by atoms with Crippen LogP contribution in [0.1, 0.15) is 11.1 Å². The van der Waals surface area contributed by atoms with Crippen molar-refractivity contribution in [2.45, 2.75) is 12.3 Å². The molecule has 10 nitrogen and oxygen atoms in total. The van der Waals surface area contributed by atoms with Crippen LogP contribution in [0.5, 0.6) is 0 Å². The van der Waals surface area contributed by atoms with Crippen LogP contribution >= 0.6 is 0 Å². The van der Waals surface area contributed by atoms with Gasteiger partial charge < -0.3 is 20.9 Å². The van der Waals surface area contributed by atoms with E-state index in [0.29, 0.717) is 17.1 Å². The van der Waals surface area contributed by atoms with Crippen molar-refractivity contribution in [2.24, 2.45) is 17.2 Å². The van der Waals surface area contributed by atoms with Crippen molar-refractivity contribution in [3.8, 4) is 22.5 Å². The van der Waals surface area contributed by atoms with Gasteiger partial charge in [-0.15, -0.1) is 0 Å². The minimum absolute atomic E-state index is 0.0419. The lowest BCUT2D eigenvalue weighted by molar-refractivity contribution is -0.114. The second-order valence-corrected chi connectivity index (χ2v) is 9.20. The van der Waals surface area contributed by atoms with Crippen molar-refractivity contribution in [3.05, 3.63) is 108 Å². The SMILES string of the molecule is NC(N)(N)c1ccccc1NC(=O)CNc1n[nH]c(-c2ccc[nH]2)c1-c1ccc(NCc2ccccc2)cc1. The molecule has 0 spiro atoms. The first-order valence-corrected chi connectivity index (χ1v) is 12.5. The van der Waals surface area contributed by atoms with Crippen molar-refractivity contribution in [3.63, 3.8) is 0 Å². The van der Waals surface area contributed by atoms with Crippen LogP contribution < -0.4 is 33.2 Å². The normalized spacial score (nSPS) is 11.3. The van der Waals surface area contributed by atoms with Crippen LogP contribution in [0.15, 0.2) is 97.2 Å². The lowest BCUT2D eigenvalue weighted by Crippen LogP contribution is -2.54. The highest BCUT2D eigenvalue weighted by molar-refractivity contribution is 5.96. The Morgan fingerprint density at radius 2 is 1.59 bits per heavy atom. The van der Waals surface area contributed by atoms with Crippen LogP contribution in [0.3, 0.4) is 0 Å². The maximum absolute atomic E-state index is 12.8. The number of hydrogen-bond acceptors (Lipinski definition) is 7. The average Bonchev–Trinajstić information content (AvgIpc) is 3.62. The summed E-state index contributed by atoms with van der Waals surface area (Å²) in [5.41, 5.74) is 24.1. The van der Waals surface area contributed by atoms with E-state index >= 15 is 0 Å². The first-order valence-electron chi connectivity index (χ1n) is 12.5. The quantitative estimate of drug-likeness (QED) is 0.129. The average molecular weight is 522 g/mol. The number of amides is 1. The molecule has 5 aromatic rings. The zero-order chi connectivity index (χ0) is 27.2. The Balaban J connectivity index is 1.33. The molecule has 0 aliphatic rings. The maximum atomic E-state index is 12.8. The Bertz CT molecular complexity index is 1520. The summed E-state index contributed by atoms with van der Waals surface area (Å²) < 4.78 is 0. The van der Waals surface area contributed by atoms with Gasteiger partial charge in [0.1, 0.15) is 5.79 Å². The predicted molar refractivity (Wildman–Crippen MR) is 155 cm³/mol. The number of anilines is 3. The number of nitrogens with zero attached hydrogens (tertiary/aromatic N) is 1. The lowest BCUT2D eigenvalue weighted by Gasteiger charge is -2.22. The molecule has 11 N–H and O–H groups in total. The predicted octanol–water partition coefficient (Wildman–Crippen LogP) is 3.72. The molecule has 0 atom stereocenters. The molecule has 0 fully saturated rings. The molecule has 0 bridgehead atoms. The first kappa shape index (κ1) is 25.7. The molecule has 0 radical (unpaired) electrons. The zero-order valence-electron chi connectivity index (χ0n) is 21.2. The number of hydrogen-bond donors (Lipinski definition) is 8. The van der Waals surface area contributed by atoms with E-state index in [1.54, 1.807) is 24.3 Å². The van der Waals surface area contributed by atoms with Crippen LogP contribution in [-0.2, 0) is 17.1 Å². The van der Waals surface area contributed by atoms with Crippen LogP contribution in [0.2, 0.25) is 0 Å². The van der Waals surface area contributed by atoms with E-state index in [2.05, 4.69) is 43.3 Å². The molecule has 5 rings (SSSR count). The first-order chi connectivity index (χ1) is 18.9. The summed E-state index contributed by atoms with van der Waals surface area (Å²) in [4.78, 5) is 16.1. The van der Waals surface area contributed by atoms with Gasteiger partial charge in [0.2, 0.25) is 5.91 Å². The van der Waals surface area contributed by atoms with Gasteiger partial charge in [-0.3, -0.25) is 27.1 Å². The van der Waals surface area contributed by atoms with E-state index < -0.39 is 5.79 Å². The number of carbonyl (C=O) groups excluding carboxylic acids is 1. The summed E-state index contributed by atoms with van der Waals surface area (Å²) in [7, 11) is 0. The van der Waals surface area contributed by atoms with Crippen molar-refractivity contribution >= 4 is 23.1 Å². The fraction of sp³-hybridized carbons (Fsp3) is 0.103. The smallest absolute Gasteiger partial charge is 0.243 e. The molecule has 198 valence electrons. The summed E-state index contributed by atoms with van der Waals surface area (Å²) in [6, 6.07) is 29.1. The Hall–Kier alpha value is -4.90. The summed E-state index contributed by atoms with van der Waals surface area (Å²) in [5.74, 6) is -1.35. The molecule has 39 heavy (non-hydrogen) atoms. The fourth-order valence-corrected chi connectivity index (χ4v) is 4.31. The van der Waals surface area contributed by atoms with Crippen molar-refractivity contribution in [2.75, 3.05) is 22.5 Å². The molecule has 3 aromatic carbocycles. The van der Waals surface area contributed by atoms with Crippen molar-refractivity contribution in [1.29, 1.82) is 0 Å². The molecule has 1 amide bonds. The summed E-state index contributed by atoms with van der Waals surface area (Å²) in [6.45, 7) is 0.685.